The van der Waals surface area contributed by atoms with E-state index in [1.54, 1.807) is 0 Å². The number of anilines is 1. The van der Waals surface area contributed by atoms with Crippen LogP contribution in [0.4, 0.5) is 5.95 Å². The Bertz CT molecular complexity index is 598. The third-order valence-electron chi connectivity index (χ3n) is 2.87. The molecule has 0 spiro atoms. The average Bonchev–Trinajstić information content (AvgIpc) is 2.94. The number of nitrogens with one attached hydrogen (secondary N) is 2. The highest BCUT2D eigenvalue weighted by Gasteiger charge is 2.07. The normalized spacial score (nSPS) is 10.5. The van der Waals surface area contributed by atoms with Crippen molar-refractivity contribution in [3.05, 3.63) is 29.8 Å². The monoisotopic (exact) mass is 320 g/mol. The first-order chi connectivity index (χ1) is 10.7. The molecule has 2 N–H and O–H groups in total. The van der Waals surface area contributed by atoms with Gasteiger partial charge < -0.3 is 4.74 Å². The number of hydrogen-bond donors (Lipinski definition) is 2. The SMILES string of the molecule is CCOc1ccc(CCC(=O)Nc2nc(SCC)n[nH]2)cc1. The van der Waals surface area contributed by atoms with Crippen molar-refractivity contribution in [1.82, 2.24) is 15.2 Å². The Morgan fingerprint density at radius 2 is 2.09 bits per heavy atom. The molecule has 6 nitrogen and oxygen atoms in total. The molecule has 1 aromatic heterocycles. The average molecular weight is 320 g/mol. The lowest BCUT2D eigenvalue weighted by Gasteiger charge is -2.05. The number of carbonyl (C=O) groups is 1. The number of H-pyrrole nitrogens is 1. The van der Waals surface area contributed by atoms with Crippen LogP contribution >= 0.6 is 11.8 Å². The van der Waals surface area contributed by atoms with E-state index in [1.165, 1.54) is 11.8 Å². The van der Waals surface area contributed by atoms with Crippen LogP contribution in [0.25, 0.3) is 0 Å². The zero-order valence-electron chi connectivity index (χ0n) is 12.8. The van der Waals surface area contributed by atoms with Gasteiger partial charge in [-0.15, -0.1) is 5.10 Å². The van der Waals surface area contributed by atoms with Crippen LogP contribution in [0.15, 0.2) is 29.4 Å². The largest absolute Gasteiger partial charge is 0.494 e. The summed E-state index contributed by atoms with van der Waals surface area (Å²) in [5.41, 5.74) is 1.10. The molecule has 2 rings (SSSR count). The number of rotatable bonds is 8. The second-order valence-corrected chi connectivity index (χ2v) is 5.76. The van der Waals surface area contributed by atoms with Crippen LogP contribution in [-0.4, -0.2) is 33.4 Å². The standard InChI is InChI=1S/C15H20N4O2S/c1-3-21-12-8-5-11(6-9-12)7-10-13(20)16-14-17-15(19-18-14)22-4-2/h5-6,8-9H,3-4,7,10H2,1-2H3,(H2,16,17,18,19,20). The summed E-state index contributed by atoms with van der Waals surface area (Å²) in [5, 5.41) is 10.1. The quantitative estimate of drug-likeness (QED) is 0.731. The lowest BCUT2D eigenvalue weighted by atomic mass is 10.1. The highest BCUT2D eigenvalue weighted by molar-refractivity contribution is 7.99. The smallest absolute Gasteiger partial charge is 0.227 e. The number of carbonyl (C=O) groups excluding carboxylic acids is 1. The third-order valence-corrected chi connectivity index (χ3v) is 3.60. The number of aromatic nitrogens is 3. The molecule has 0 aliphatic heterocycles. The first-order valence-electron chi connectivity index (χ1n) is 7.28. The highest BCUT2D eigenvalue weighted by atomic mass is 32.2. The zero-order valence-corrected chi connectivity index (χ0v) is 13.6. The molecule has 0 saturated heterocycles. The fourth-order valence-corrected chi connectivity index (χ4v) is 2.39. The first kappa shape index (κ1) is 16.4. The number of amides is 1. The van der Waals surface area contributed by atoms with E-state index in [9.17, 15) is 4.79 Å². The summed E-state index contributed by atoms with van der Waals surface area (Å²) in [6, 6.07) is 7.79. The van der Waals surface area contributed by atoms with Crippen molar-refractivity contribution in [2.45, 2.75) is 31.8 Å². The molecule has 0 saturated carbocycles. The van der Waals surface area contributed by atoms with Crippen LogP contribution in [0.5, 0.6) is 5.75 Å². The van der Waals surface area contributed by atoms with E-state index in [0.29, 0.717) is 30.6 Å². The first-order valence-corrected chi connectivity index (χ1v) is 8.26. The number of benzene rings is 1. The summed E-state index contributed by atoms with van der Waals surface area (Å²) < 4.78 is 5.39. The number of aromatic amines is 1. The third kappa shape index (κ3) is 5.07. The topological polar surface area (TPSA) is 79.9 Å². The zero-order chi connectivity index (χ0) is 15.8. The van der Waals surface area contributed by atoms with E-state index in [4.69, 9.17) is 4.74 Å². The molecule has 1 heterocycles. The number of aryl methyl sites for hydroxylation is 1. The summed E-state index contributed by atoms with van der Waals surface area (Å²) in [5.74, 6) is 2.05. The number of nitrogens with zero attached hydrogens (tertiary/aromatic N) is 2. The maximum absolute atomic E-state index is 11.9. The fourth-order valence-electron chi connectivity index (χ4n) is 1.87. The summed E-state index contributed by atoms with van der Waals surface area (Å²) in [4.78, 5) is 16.1. The molecule has 0 atom stereocenters. The van der Waals surface area contributed by atoms with Gasteiger partial charge in [-0.05, 0) is 36.8 Å². The highest BCUT2D eigenvalue weighted by Crippen LogP contribution is 2.15. The van der Waals surface area contributed by atoms with E-state index in [2.05, 4.69) is 20.5 Å². The van der Waals surface area contributed by atoms with Crippen molar-refractivity contribution in [3.8, 4) is 5.75 Å². The molecule has 0 aliphatic carbocycles. The van der Waals surface area contributed by atoms with Gasteiger partial charge in [0.25, 0.3) is 0 Å². The minimum Gasteiger partial charge on any atom is -0.494 e. The van der Waals surface area contributed by atoms with Crippen molar-refractivity contribution in [2.75, 3.05) is 17.7 Å². The molecule has 0 radical (unpaired) electrons. The van der Waals surface area contributed by atoms with Crippen LogP contribution in [0.2, 0.25) is 0 Å². The maximum Gasteiger partial charge on any atom is 0.227 e. The van der Waals surface area contributed by atoms with Gasteiger partial charge in [-0.1, -0.05) is 30.8 Å². The van der Waals surface area contributed by atoms with Gasteiger partial charge in [0, 0.05) is 6.42 Å². The van der Waals surface area contributed by atoms with Crippen LogP contribution in [0, 0.1) is 0 Å². The van der Waals surface area contributed by atoms with Crippen molar-refractivity contribution >= 4 is 23.6 Å². The van der Waals surface area contributed by atoms with Gasteiger partial charge in [0.2, 0.25) is 17.0 Å². The fraction of sp³-hybridized carbons (Fsp3) is 0.400. The Morgan fingerprint density at radius 3 is 2.77 bits per heavy atom. The Morgan fingerprint density at radius 1 is 1.32 bits per heavy atom. The van der Waals surface area contributed by atoms with Crippen molar-refractivity contribution < 1.29 is 9.53 Å². The van der Waals surface area contributed by atoms with E-state index in [0.717, 1.165) is 17.1 Å². The van der Waals surface area contributed by atoms with E-state index in [1.807, 2.05) is 38.1 Å². The summed E-state index contributed by atoms with van der Waals surface area (Å²) >= 11 is 1.52. The van der Waals surface area contributed by atoms with E-state index in [-0.39, 0.29) is 5.91 Å². The van der Waals surface area contributed by atoms with E-state index < -0.39 is 0 Å². The molecule has 7 heteroatoms. The van der Waals surface area contributed by atoms with Gasteiger partial charge in [-0.2, -0.15) is 4.98 Å². The Hall–Kier alpha value is -2.02. The molecule has 0 aliphatic rings. The minimum atomic E-state index is -0.0851. The van der Waals surface area contributed by atoms with Crippen molar-refractivity contribution in [1.29, 1.82) is 0 Å². The number of ether oxygens (including phenoxy) is 1. The van der Waals surface area contributed by atoms with Crippen molar-refractivity contribution in [2.24, 2.45) is 0 Å². The Labute approximate surface area is 134 Å². The molecule has 1 aromatic carbocycles. The van der Waals surface area contributed by atoms with Crippen LogP contribution < -0.4 is 10.1 Å². The van der Waals surface area contributed by atoms with Gasteiger partial charge in [-0.3, -0.25) is 10.1 Å². The second kappa shape index (κ2) is 8.43. The van der Waals surface area contributed by atoms with Gasteiger partial charge in [0.1, 0.15) is 5.75 Å². The van der Waals surface area contributed by atoms with Crippen molar-refractivity contribution in [3.63, 3.8) is 0 Å². The molecule has 22 heavy (non-hydrogen) atoms. The molecule has 118 valence electrons. The summed E-state index contributed by atoms with van der Waals surface area (Å²) in [7, 11) is 0. The van der Waals surface area contributed by atoms with Crippen LogP contribution in [-0.2, 0) is 11.2 Å². The summed E-state index contributed by atoms with van der Waals surface area (Å²) in [6.45, 7) is 4.62. The molecule has 0 unspecified atom stereocenters. The predicted molar refractivity (Wildman–Crippen MR) is 87.3 cm³/mol. The Balaban J connectivity index is 1.79. The lowest BCUT2D eigenvalue weighted by Crippen LogP contribution is -2.13. The second-order valence-electron chi connectivity index (χ2n) is 4.52. The maximum atomic E-state index is 11.9. The lowest BCUT2D eigenvalue weighted by molar-refractivity contribution is -0.116. The van der Waals surface area contributed by atoms with Gasteiger partial charge in [0.15, 0.2) is 0 Å². The summed E-state index contributed by atoms with van der Waals surface area (Å²) in [6.07, 6.45) is 1.06. The minimum absolute atomic E-state index is 0.0851. The molecule has 0 fully saturated rings. The van der Waals surface area contributed by atoms with Gasteiger partial charge in [-0.25, -0.2) is 5.10 Å². The molecule has 1 amide bonds. The number of hydrogen-bond acceptors (Lipinski definition) is 5. The van der Waals surface area contributed by atoms with Crippen LogP contribution in [0.1, 0.15) is 25.8 Å². The molecular formula is C15H20N4O2S. The van der Waals surface area contributed by atoms with E-state index >= 15 is 0 Å². The van der Waals surface area contributed by atoms with Gasteiger partial charge in [0.05, 0.1) is 6.61 Å². The number of thioether (sulfide) groups is 1. The molecule has 2 aromatic rings. The predicted octanol–water partition coefficient (Wildman–Crippen LogP) is 2.89. The molecular weight excluding hydrogens is 300 g/mol. The molecule has 0 bridgehead atoms. The van der Waals surface area contributed by atoms with Crippen LogP contribution in [0.3, 0.4) is 0 Å². The Kier molecular flexibility index (Phi) is 6.27. The van der Waals surface area contributed by atoms with Gasteiger partial charge >= 0.3 is 0 Å².